The van der Waals surface area contributed by atoms with Gasteiger partial charge in [-0.2, -0.15) is 0 Å². The molecule has 1 saturated heterocycles. The lowest BCUT2D eigenvalue weighted by Crippen LogP contribution is -2.47. The summed E-state index contributed by atoms with van der Waals surface area (Å²) in [5.41, 5.74) is 1.75. The topological polar surface area (TPSA) is 78.9 Å². The fourth-order valence-electron chi connectivity index (χ4n) is 4.31. The summed E-state index contributed by atoms with van der Waals surface area (Å²) >= 11 is 0. The standard InChI is InChI=1S/C26H35N5O3/c1-4-19(2)31(26(33)20-9-10-20)18-25(32)30-14-6-13-29(15-16-30)24-12-11-23(27-28-24)21-7-5-8-22(17-21)34-3/h5,7-8,11-12,17,19-20H,4,6,9-10,13-16,18H2,1-3H3/t19-/m1/s1. The lowest BCUT2D eigenvalue weighted by Gasteiger charge is -2.31. The van der Waals surface area contributed by atoms with Crippen molar-refractivity contribution in [1.82, 2.24) is 20.0 Å². The molecule has 0 radical (unpaired) electrons. The number of nitrogens with zero attached hydrogens (tertiary/aromatic N) is 5. The van der Waals surface area contributed by atoms with Crippen LogP contribution in [0.25, 0.3) is 11.3 Å². The summed E-state index contributed by atoms with van der Waals surface area (Å²) in [7, 11) is 1.65. The predicted octanol–water partition coefficient (Wildman–Crippen LogP) is 3.23. The van der Waals surface area contributed by atoms with Gasteiger partial charge >= 0.3 is 0 Å². The van der Waals surface area contributed by atoms with Crippen molar-refractivity contribution in [1.29, 1.82) is 0 Å². The second kappa shape index (κ2) is 10.8. The van der Waals surface area contributed by atoms with Gasteiger partial charge in [0.2, 0.25) is 11.8 Å². The van der Waals surface area contributed by atoms with Crippen molar-refractivity contribution in [3.8, 4) is 17.0 Å². The summed E-state index contributed by atoms with van der Waals surface area (Å²) in [6.07, 6.45) is 3.61. The second-order valence-corrected chi connectivity index (χ2v) is 9.23. The molecular weight excluding hydrogens is 430 g/mol. The SMILES string of the molecule is CC[C@@H](C)N(CC(=O)N1CCCN(c2ccc(-c3cccc(OC)c3)nn2)CC1)C(=O)C1CC1. The molecule has 4 rings (SSSR count). The Morgan fingerprint density at radius 1 is 1.12 bits per heavy atom. The molecule has 1 aromatic carbocycles. The van der Waals surface area contributed by atoms with Crippen LogP contribution in [-0.2, 0) is 9.59 Å². The Hall–Kier alpha value is -3.16. The summed E-state index contributed by atoms with van der Waals surface area (Å²) in [5.74, 6) is 1.90. The number of rotatable bonds is 8. The average Bonchev–Trinajstić information content (AvgIpc) is 3.74. The average molecular weight is 466 g/mol. The smallest absolute Gasteiger partial charge is 0.242 e. The van der Waals surface area contributed by atoms with Crippen LogP contribution in [-0.4, -0.2) is 77.7 Å². The van der Waals surface area contributed by atoms with Crippen molar-refractivity contribution in [3.05, 3.63) is 36.4 Å². The monoisotopic (exact) mass is 465 g/mol. The molecule has 1 aliphatic carbocycles. The van der Waals surface area contributed by atoms with E-state index in [9.17, 15) is 9.59 Å². The van der Waals surface area contributed by atoms with Gasteiger partial charge in [-0.15, -0.1) is 10.2 Å². The molecule has 1 aromatic heterocycles. The number of anilines is 1. The maximum atomic E-state index is 13.1. The zero-order valence-electron chi connectivity index (χ0n) is 20.4. The number of methoxy groups -OCH3 is 1. The van der Waals surface area contributed by atoms with Crippen LogP contribution in [0.2, 0.25) is 0 Å². The quantitative estimate of drug-likeness (QED) is 0.596. The highest BCUT2D eigenvalue weighted by Crippen LogP contribution is 2.32. The van der Waals surface area contributed by atoms with Gasteiger partial charge in [0.05, 0.1) is 19.3 Å². The molecule has 8 heteroatoms. The number of ether oxygens (including phenoxy) is 1. The Balaban J connectivity index is 1.36. The van der Waals surface area contributed by atoms with E-state index < -0.39 is 0 Å². The van der Waals surface area contributed by atoms with Gasteiger partial charge in [0.25, 0.3) is 0 Å². The molecule has 1 saturated carbocycles. The minimum atomic E-state index is 0.0376. The van der Waals surface area contributed by atoms with Crippen LogP contribution < -0.4 is 9.64 Å². The number of amides is 2. The molecule has 0 spiro atoms. The van der Waals surface area contributed by atoms with E-state index in [1.807, 2.05) is 48.2 Å². The normalized spacial score (nSPS) is 17.1. The maximum Gasteiger partial charge on any atom is 0.242 e. The Labute approximate surface area is 201 Å². The zero-order valence-corrected chi connectivity index (χ0v) is 20.4. The molecule has 1 atom stereocenters. The van der Waals surface area contributed by atoms with Gasteiger partial charge in [-0.25, -0.2) is 0 Å². The number of carbonyl (C=O) groups is 2. The second-order valence-electron chi connectivity index (χ2n) is 9.23. The number of carbonyl (C=O) groups excluding carboxylic acids is 2. The highest BCUT2D eigenvalue weighted by atomic mass is 16.5. The Bertz CT molecular complexity index is 992. The van der Waals surface area contributed by atoms with Crippen LogP contribution in [0.1, 0.15) is 39.5 Å². The van der Waals surface area contributed by atoms with Gasteiger partial charge in [-0.3, -0.25) is 9.59 Å². The molecule has 0 N–H and O–H groups in total. The van der Waals surface area contributed by atoms with E-state index in [1.165, 1.54) is 0 Å². The lowest BCUT2D eigenvalue weighted by molar-refractivity contribution is -0.143. The van der Waals surface area contributed by atoms with E-state index in [0.717, 1.165) is 55.1 Å². The molecule has 2 amide bonds. The van der Waals surface area contributed by atoms with Gasteiger partial charge in [-0.05, 0) is 56.9 Å². The maximum absolute atomic E-state index is 13.1. The molecule has 2 aliphatic rings. The van der Waals surface area contributed by atoms with Crippen molar-refractivity contribution < 1.29 is 14.3 Å². The lowest BCUT2D eigenvalue weighted by atomic mass is 10.1. The highest BCUT2D eigenvalue weighted by Gasteiger charge is 2.36. The van der Waals surface area contributed by atoms with E-state index >= 15 is 0 Å². The molecule has 2 aromatic rings. The van der Waals surface area contributed by atoms with E-state index in [2.05, 4.69) is 22.0 Å². The first-order valence-corrected chi connectivity index (χ1v) is 12.3. The molecule has 0 unspecified atom stereocenters. The third-order valence-corrected chi connectivity index (χ3v) is 6.83. The fourth-order valence-corrected chi connectivity index (χ4v) is 4.31. The predicted molar refractivity (Wildman–Crippen MR) is 132 cm³/mol. The van der Waals surface area contributed by atoms with Crippen molar-refractivity contribution >= 4 is 17.6 Å². The molecule has 1 aliphatic heterocycles. The van der Waals surface area contributed by atoms with E-state index in [1.54, 1.807) is 12.0 Å². The van der Waals surface area contributed by atoms with Crippen LogP contribution in [0.5, 0.6) is 5.75 Å². The first kappa shape index (κ1) is 24.0. The number of benzene rings is 1. The van der Waals surface area contributed by atoms with Crippen LogP contribution >= 0.6 is 0 Å². The summed E-state index contributed by atoms with van der Waals surface area (Å²) in [6.45, 7) is 7.09. The minimum absolute atomic E-state index is 0.0376. The third kappa shape index (κ3) is 5.66. The van der Waals surface area contributed by atoms with Crippen LogP contribution in [0.15, 0.2) is 36.4 Å². The molecule has 0 bridgehead atoms. The zero-order chi connectivity index (χ0) is 24.1. The Morgan fingerprint density at radius 2 is 1.94 bits per heavy atom. The van der Waals surface area contributed by atoms with E-state index in [-0.39, 0.29) is 30.3 Å². The highest BCUT2D eigenvalue weighted by molar-refractivity contribution is 5.87. The van der Waals surface area contributed by atoms with Gasteiger partial charge in [-0.1, -0.05) is 19.1 Å². The summed E-state index contributed by atoms with van der Waals surface area (Å²) in [5, 5.41) is 8.88. The van der Waals surface area contributed by atoms with Gasteiger partial charge in [0.1, 0.15) is 5.75 Å². The molecule has 2 heterocycles. The molecule has 2 fully saturated rings. The number of aromatic nitrogens is 2. The van der Waals surface area contributed by atoms with E-state index in [0.29, 0.717) is 19.6 Å². The summed E-state index contributed by atoms with van der Waals surface area (Å²) < 4.78 is 5.30. The van der Waals surface area contributed by atoms with Crippen LogP contribution in [0.4, 0.5) is 5.82 Å². The molecule has 34 heavy (non-hydrogen) atoms. The Kier molecular flexibility index (Phi) is 7.65. The fraction of sp³-hybridized carbons (Fsp3) is 0.538. The Morgan fingerprint density at radius 3 is 2.62 bits per heavy atom. The van der Waals surface area contributed by atoms with Crippen LogP contribution in [0, 0.1) is 5.92 Å². The van der Waals surface area contributed by atoms with Gasteiger partial charge in [0.15, 0.2) is 5.82 Å². The summed E-state index contributed by atoms with van der Waals surface area (Å²) in [4.78, 5) is 31.7. The third-order valence-electron chi connectivity index (χ3n) is 6.83. The largest absolute Gasteiger partial charge is 0.497 e. The molecule has 182 valence electrons. The van der Waals surface area contributed by atoms with Crippen LogP contribution in [0.3, 0.4) is 0 Å². The van der Waals surface area contributed by atoms with Gasteiger partial charge < -0.3 is 19.4 Å². The van der Waals surface area contributed by atoms with Crippen molar-refractivity contribution in [2.75, 3.05) is 44.7 Å². The number of hydrogen-bond acceptors (Lipinski definition) is 6. The van der Waals surface area contributed by atoms with Gasteiger partial charge in [0, 0.05) is 43.7 Å². The van der Waals surface area contributed by atoms with Crippen molar-refractivity contribution in [3.63, 3.8) is 0 Å². The number of hydrogen-bond donors (Lipinski definition) is 0. The first-order chi connectivity index (χ1) is 16.5. The first-order valence-electron chi connectivity index (χ1n) is 12.3. The van der Waals surface area contributed by atoms with Crippen molar-refractivity contribution in [2.24, 2.45) is 5.92 Å². The van der Waals surface area contributed by atoms with Crippen molar-refractivity contribution in [2.45, 2.75) is 45.6 Å². The van der Waals surface area contributed by atoms with E-state index in [4.69, 9.17) is 4.74 Å². The minimum Gasteiger partial charge on any atom is -0.497 e. The molecule has 8 nitrogen and oxygen atoms in total. The molecular formula is C26H35N5O3. The summed E-state index contributed by atoms with van der Waals surface area (Å²) in [6, 6.07) is 11.8.